The van der Waals surface area contributed by atoms with Crippen molar-refractivity contribution in [2.75, 3.05) is 5.32 Å². The van der Waals surface area contributed by atoms with Crippen LogP contribution in [-0.2, 0) is 13.0 Å². The zero-order valence-corrected chi connectivity index (χ0v) is 13.4. The number of rotatable bonds is 5. The Morgan fingerprint density at radius 3 is 2.86 bits per heavy atom. The van der Waals surface area contributed by atoms with Gasteiger partial charge < -0.3 is 5.32 Å². The summed E-state index contributed by atoms with van der Waals surface area (Å²) in [6.07, 6.45) is 2.19. The number of thiazole rings is 1. The van der Waals surface area contributed by atoms with Gasteiger partial charge in [-0.2, -0.15) is 9.61 Å². The van der Waals surface area contributed by atoms with Crippen LogP contribution in [0.4, 0.5) is 5.82 Å². The van der Waals surface area contributed by atoms with Gasteiger partial charge in [0.25, 0.3) is 0 Å². The summed E-state index contributed by atoms with van der Waals surface area (Å²) in [7, 11) is 0. The Balaban J connectivity index is 1.80. The van der Waals surface area contributed by atoms with E-state index in [0.717, 1.165) is 41.4 Å². The normalized spacial score (nSPS) is 11.2. The molecule has 5 nitrogen and oxygen atoms in total. The van der Waals surface area contributed by atoms with Gasteiger partial charge in [0, 0.05) is 23.2 Å². The molecule has 3 heterocycles. The first-order chi connectivity index (χ1) is 10.2. The van der Waals surface area contributed by atoms with Gasteiger partial charge in [0.05, 0.1) is 22.9 Å². The Labute approximate surface area is 128 Å². The highest BCUT2D eigenvalue weighted by atomic mass is 32.1. The fourth-order valence-corrected chi connectivity index (χ4v) is 3.18. The van der Waals surface area contributed by atoms with Crippen molar-refractivity contribution in [3.05, 3.63) is 39.6 Å². The van der Waals surface area contributed by atoms with E-state index in [4.69, 9.17) is 0 Å². The maximum atomic E-state index is 4.63. The second-order valence-corrected chi connectivity index (χ2v) is 6.12. The van der Waals surface area contributed by atoms with E-state index in [1.807, 2.05) is 30.5 Å². The molecule has 0 amide bonds. The molecule has 0 atom stereocenters. The molecule has 0 aliphatic carbocycles. The van der Waals surface area contributed by atoms with Crippen molar-refractivity contribution in [1.82, 2.24) is 19.6 Å². The molecule has 3 rings (SSSR count). The second kappa shape index (κ2) is 5.81. The smallest absolute Gasteiger partial charge is 0.157 e. The minimum absolute atomic E-state index is 0.706. The monoisotopic (exact) mass is 301 g/mol. The average Bonchev–Trinajstić information content (AvgIpc) is 3.02. The standard InChI is InChI=1S/C15H19N5S/c1-4-5-15-18-12(9-21-15)8-16-13-6-10(2)17-14-7-11(3)19-20(13)14/h6-7,9,16H,4-5,8H2,1-3H3. The van der Waals surface area contributed by atoms with Gasteiger partial charge in [-0.15, -0.1) is 11.3 Å². The van der Waals surface area contributed by atoms with Crippen LogP contribution in [0, 0.1) is 13.8 Å². The minimum Gasteiger partial charge on any atom is -0.364 e. The SMILES string of the molecule is CCCc1nc(CNc2cc(C)nc3cc(C)nn23)cs1. The predicted octanol–water partition coefficient (Wildman–Crippen LogP) is 3.37. The first-order valence-electron chi connectivity index (χ1n) is 7.17. The third-order valence-corrected chi connectivity index (χ3v) is 4.15. The molecule has 0 fully saturated rings. The maximum Gasteiger partial charge on any atom is 0.157 e. The van der Waals surface area contributed by atoms with Crippen LogP contribution in [0.5, 0.6) is 0 Å². The van der Waals surface area contributed by atoms with E-state index < -0.39 is 0 Å². The lowest BCUT2D eigenvalue weighted by atomic mass is 10.3. The zero-order chi connectivity index (χ0) is 14.8. The van der Waals surface area contributed by atoms with Crippen molar-refractivity contribution in [3.8, 4) is 0 Å². The first kappa shape index (κ1) is 14.0. The summed E-state index contributed by atoms with van der Waals surface area (Å²) in [5.41, 5.74) is 3.90. The zero-order valence-electron chi connectivity index (χ0n) is 12.6. The van der Waals surface area contributed by atoms with Crippen LogP contribution in [0.2, 0.25) is 0 Å². The van der Waals surface area contributed by atoms with Gasteiger partial charge in [-0.25, -0.2) is 9.97 Å². The fourth-order valence-electron chi connectivity index (χ4n) is 2.28. The van der Waals surface area contributed by atoms with E-state index in [-0.39, 0.29) is 0 Å². The minimum atomic E-state index is 0.706. The topological polar surface area (TPSA) is 55.1 Å². The Morgan fingerprint density at radius 1 is 1.19 bits per heavy atom. The summed E-state index contributed by atoms with van der Waals surface area (Å²) >= 11 is 1.73. The maximum absolute atomic E-state index is 4.63. The molecule has 0 aliphatic heterocycles. The molecule has 0 aliphatic rings. The van der Waals surface area contributed by atoms with Crippen molar-refractivity contribution in [2.24, 2.45) is 0 Å². The van der Waals surface area contributed by atoms with Crippen LogP contribution in [0.25, 0.3) is 5.65 Å². The third kappa shape index (κ3) is 3.05. The quantitative estimate of drug-likeness (QED) is 0.785. The molecule has 0 radical (unpaired) electrons. The van der Waals surface area contributed by atoms with Crippen molar-refractivity contribution in [3.63, 3.8) is 0 Å². The molecule has 0 aromatic carbocycles. The molecule has 0 saturated carbocycles. The summed E-state index contributed by atoms with van der Waals surface area (Å²) < 4.78 is 1.85. The largest absolute Gasteiger partial charge is 0.364 e. The number of aromatic nitrogens is 4. The lowest BCUT2D eigenvalue weighted by Gasteiger charge is -2.07. The Morgan fingerprint density at radius 2 is 2.05 bits per heavy atom. The predicted molar refractivity (Wildman–Crippen MR) is 85.9 cm³/mol. The molecule has 0 spiro atoms. The third-order valence-electron chi connectivity index (χ3n) is 3.19. The van der Waals surface area contributed by atoms with Crippen LogP contribution < -0.4 is 5.32 Å². The summed E-state index contributed by atoms with van der Waals surface area (Å²) in [6, 6.07) is 4.00. The number of fused-ring (bicyclic) bond motifs is 1. The molecular weight excluding hydrogens is 282 g/mol. The van der Waals surface area contributed by atoms with E-state index in [2.05, 4.69) is 32.7 Å². The van der Waals surface area contributed by atoms with Crippen LogP contribution in [0.15, 0.2) is 17.5 Å². The molecule has 1 N–H and O–H groups in total. The van der Waals surface area contributed by atoms with Gasteiger partial charge in [0.1, 0.15) is 5.82 Å². The highest BCUT2D eigenvalue weighted by Crippen LogP contribution is 2.16. The van der Waals surface area contributed by atoms with Gasteiger partial charge in [0.15, 0.2) is 5.65 Å². The van der Waals surface area contributed by atoms with Gasteiger partial charge in [-0.3, -0.25) is 0 Å². The average molecular weight is 301 g/mol. The molecule has 0 unspecified atom stereocenters. The lowest BCUT2D eigenvalue weighted by molar-refractivity contribution is 0.880. The molecule has 0 saturated heterocycles. The summed E-state index contributed by atoms with van der Waals surface area (Å²) in [5.74, 6) is 0.954. The summed E-state index contributed by atoms with van der Waals surface area (Å²) in [6.45, 7) is 6.86. The lowest BCUT2D eigenvalue weighted by Crippen LogP contribution is -2.07. The van der Waals surface area contributed by atoms with Crippen molar-refractivity contribution in [1.29, 1.82) is 0 Å². The van der Waals surface area contributed by atoms with E-state index in [1.165, 1.54) is 5.01 Å². The number of hydrogen-bond acceptors (Lipinski definition) is 5. The Bertz CT molecular complexity index is 759. The molecule has 3 aromatic heterocycles. The number of nitrogens with zero attached hydrogens (tertiary/aromatic N) is 4. The summed E-state index contributed by atoms with van der Waals surface area (Å²) in [5, 5.41) is 11.2. The molecular formula is C15H19N5S. The Kier molecular flexibility index (Phi) is 3.88. The number of hydrogen-bond donors (Lipinski definition) is 1. The van der Waals surface area contributed by atoms with Gasteiger partial charge in [0.2, 0.25) is 0 Å². The summed E-state index contributed by atoms with van der Waals surface area (Å²) in [4.78, 5) is 9.12. The molecule has 21 heavy (non-hydrogen) atoms. The van der Waals surface area contributed by atoms with E-state index in [9.17, 15) is 0 Å². The number of aryl methyl sites for hydroxylation is 3. The number of nitrogens with one attached hydrogen (secondary N) is 1. The van der Waals surface area contributed by atoms with Crippen LogP contribution in [0.3, 0.4) is 0 Å². The highest BCUT2D eigenvalue weighted by molar-refractivity contribution is 7.09. The van der Waals surface area contributed by atoms with E-state index in [0.29, 0.717) is 6.54 Å². The van der Waals surface area contributed by atoms with Crippen LogP contribution in [-0.4, -0.2) is 19.6 Å². The molecule has 3 aromatic rings. The Hall–Kier alpha value is -1.95. The van der Waals surface area contributed by atoms with Crippen molar-refractivity contribution >= 4 is 22.8 Å². The fraction of sp³-hybridized carbons (Fsp3) is 0.400. The van der Waals surface area contributed by atoms with Crippen molar-refractivity contribution in [2.45, 2.75) is 40.2 Å². The van der Waals surface area contributed by atoms with Crippen molar-refractivity contribution < 1.29 is 0 Å². The van der Waals surface area contributed by atoms with Gasteiger partial charge in [-0.05, 0) is 26.7 Å². The number of anilines is 1. The second-order valence-electron chi connectivity index (χ2n) is 5.17. The van der Waals surface area contributed by atoms with Gasteiger partial charge >= 0.3 is 0 Å². The first-order valence-corrected chi connectivity index (χ1v) is 8.05. The van der Waals surface area contributed by atoms with Gasteiger partial charge in [-0.1, -0.05) is 6.92 Å². The molecule has 6 heteroatoms. The van der Waals surface area contributed by atoms with E-state index in [1.54, 1.807) is 11.3 Å². The highest BCUT2D eigenvalue weighted by Gasteiger charge is 2.07. The molecule has 110 valence electrons. The van der Waals surface area contributed by atoms with Crippen LogP contribution in [0.1, 0.15) is 35.4 Å². The van der Waals surface area contributed by atoms with Crippen LogP contribution >= 0.6 is 11.3 Å². The van der Waals surface area contributed by atoms with E-state index >= 15 is 0 Å². The molecule has 0 bridgehead atoms.